The average molecular weight is 241 g/mol. The van der Waals surface area contributed by atoms with Crippen LogP contribution in [-0.2, 0) is 16.6 Å². The van der Waals surface area contributed by atoms with E-state index in [2.05, 4.69) is 0 Å². The fourth-order valence-corrected chi connectivity index (χ4v) is 2.97. The van der Waals surface area contributed by atoms with Gasteiger partial charge in [0.05, 0.1) is 5.69 Å². The molecular weight excluding hydrogens is 226 g/mol. The minimum Gasteiger partial charge on any atom is -0.399 e. The molecule has 5 nitrogen and oxygen atoms in total. The van der Waals surface area contributed by atoms with Crippen LogP contribution in [0.2, 0.25) is 0 Å². The Kier molecular flexibility index (Phi) is 2.55. The molecule has 1 aromatic rings. The second-order valence-electron chi connectivity index (χ2n) is 4.00. The van der Waals surface area contributed by atoms with Crippen LogP contribution < -0.4 is 10.0 Å². The van der Waals surface area contributed by atoms with Crippen molar-refractivity contribution in [2.75, 3.05) is 30.7 Å². The van der Waals surface area contributed by atoms with Gasteiger partial charge in [-0.3, -0.25) is 4.31 Å². The number of benzene rings is 1. The van der Waals surface area contributed by atoms with Crippen molar-refractivity contribution in [3.05, 3.63) is 23.8 Å². The first-order valence-electron chi connectivity index (χ1n) is 5.01. The van der Waals surface area contributed by atoms with E-state index in [4.69, 9.17) is 5.73 Å². The lowest BCUT2D eigenvalue weighted by molar-refractivity contribution is 0.517. The molecule has 88 valence electrons. The third-order valence-corrected chi connectivity index (χ3v) is 4.56. The van der Waals surface area contributed by atoms with Crippen molar-refractivity contribution in [2.24, 2.45) is 0 Å². The molecule has 0 aromatic heterocycles. The van der Waals surface area contributed by atoms with Gasteiger partial charge in [0.1, 0.15) is 0 Å². The highest BCUT2D eigenvalue weighted by Crippen LogP contribution is 2.32. The molecule has 6 heteroatoms. The molecule has 1 aliphatic rings. The van der Waals surface area contributed by atoms with Gasteiger partial charge in [-0.05, 0) is 30.2 Å². The second kappa shape index (κ2) is 3.64. The van der Waals surface area contributed by atoms with E-state index >= 15 is 0 Å². The monoisotopic (exact) mass is 241 g/mol. The Morgan fingerprint density at radius 3 is 2.69 bits per heavy atom. The Hall–Kier alpha value is -1.27. The van der Waals surface area contributed by atoms with Crippen LogP contribution >= 0.6 is 0 Å². The summed E-state index contributed by atoms with van der Waals surface area (Å²) in [6.45, 7) is 0.485. The lowest BCUT2D eigenvalue weighted by atomic mass is 10.1. The van der Waals surface area contributed by atoms with E-state index in [1.807, 2.05) is 6.07 Å². The molecule has 1 aromatic carbocycles. The highest BCUT2D eigenvalue weighted by Gasteiger charge is 2.30. The van der Waals surface area contributed by atoms with E-state index in [0.717, 1.165) is 11.3 Å². The van der Waals surface area contributed by atoms with E-state index in [1.165, 1.54) is 22.7 Å². The molecule has 0 saturated heterocycles. The van der Waals surface area contributed by atoms with Crippen LogP contribution in [-0.4, -0.2) is 33.4 Å². The molecule has 0 atom stereocenters. The maximum absolute atomic E-state index is 12.0. The summed E-state index contributed by atoms with van der Waals surface area (Å²) in [5.41, 5.74) is 8.07. The normalized spacial score (nSPS) is 15.6. The zero-order valence-corrected chi connectivity index (χ0v) is 10.2. The molecule has 0 spiro atoms. The van der Waals surface area contributed by atoms with Gasteiger partial charge in [-0.2, -0.15) is 12.7 Å². The predicted octanol–water partition coefficient (Wildman–Crippen LogP) is 0.438. The van der Waals surface area contributed by atoms with Gasteiger partial charge in [0, 0.05) is 26.3 Å². The predicted molar refractivity (Wildman–Crippen MR) is 64.5 cm³/mol. The Morgan fingerprint density at radius 1 is 1.38 bits per heavy atom. The van der Waals surface area contributed by atoms with Crippen LogP contribution in [0.3, 0.4) is 0 Å². The summed E-state index contributed by atoms with van der Waals surface area (Å²) in [7, 11) is -0.312. The highest BCUT2D eigenvalue weighted by molar-refractivity contribution is 7.90. The number of hydrogen-bond acceptors (Lipinski definition) is 3. The van der Waals surface area contributed by atoms with E-state index in [0.29, 0.717) is 18.7 Å². The van der Waals surface area contributed by atoms with Crippen molar-refractivity contribution in [3.63, 3.8) is 0 Å². The molecule has 0 amide bonds. The number of fused-ring (bicyclic) bond motifs is 1. The molecule has 0 unspecified atom stereocenters. The third-order valence-electron chi connectivity index (χ3n) is 2.70. The van der Waals surface area contributed by atoms with E-state index in [1.54, 1.807) is 12.1 Å². The van der Waals surface area contributed by atoms with E-state index < -0.39 is 10.2 Å². The van der Waals surface area contributed by atoms with Gasteiger partial charge in [0.25, 0.3) is 0 Å². The quantitative estimate of drug-likeness (QED) is 0.764. The van der Waals surface area contributed by atoms with Gasteiger partial charge in [-0.15, -0.1) is 0 Å². The Labute approximate surface area is 95.6 Å². The lowest BCUT2D eigenvalue weighted by Crippen LogP contribution is -2.38. The maximum atomic E-state index is 12.0. The lowest BCUT2D eigenvalue weighted by Gasteiger charge is -2.23. The molecule has 0 saturated carbocycles. The summed E-state index contributed by atoms with van der Waals surface area (Å²) in [5.74, 6) is 0. The summed E-state index contributed by atoms with van der Waals surface area (Å²) < 4.78 is 26.6. The first-order chi connectivity index (χ1) is 7.43. The van der Waals surface area contributed by atoms with Gasteiger partial charge in [-0.25, -0.2) is 0 Å². The number of nitrogens with two attached hydrogens (primary N) is 1. The smallest absolute Gasteiger partial charge is 0.303 e. The van der Waals surface area contributed by atoms with E-state index in [9.17, 15) is 8.42 Å². The van der Waals surface area contributed by atoms with Crippen LogP contribution in [0.25, 0.3) is 0 Å². The van der Waals surface area contributed by atoms with Crippen molar-refractivity contribution >= 4 is 21.6 Å². The van der Waals surface area contributed by atoms with Crippen LogP contribution in [0.5, 0.6) is 0 Å². The third kappa shape index (κ3) is 1.64. The maximum Gasteiger partial charge on any atom is 0.303 e. The minimum atomic E-state index is -3.38. The standard InChI is InChI=1S/C10H15N3O2S/c1-12(2)16(14,15)13-6-5-8-7-9(11)3-4-10(8)13/h3-4,7H,5-6,11H2,1-2H3. The zero-order chi connectivity index (χ0) is 11.9. The SMILES string of the molecule is CN(C)S(=O)(=O)N1CCc2cc(N)ccc21. The van der Waals surface area contributed by atoms with E-state index in [-0.39, 0.29) is 0 Å². The molecule has 0 bridgehead atoms. The molecule has 2 N–H and O–H groups in total. The van der Waals surface area contributed by atoms with Crippen LogP contribution in [0.4, 0.5) is 11.4 Å². The van der Waals surface area contributed by atoms with Gasteiger partial charge in [0.2, 0.25) is 0 Å². The van der Waals surface area contributed by atoms with Crippen molar-refractivity contribution in [1.29, 1.82) is 0 Å². The van der Waals surface area contributed by atoms with Crippen LogP contribution in [0, 0.1) is 0 Å². The molecule has 0 fully saturated rings. The zero-order valence-electron chi connectivity index (χ0n) is 9.34. The van der Waals surface area contributed by atoms with Crippen molar-refractivity contribution in [3.8, 4) is 0 Å². The fourth-order valence-electron chi connectivity index (χ4n) is 1.83. The summed E-state index contributed by atoms with van der Waals surface area (Å²) in [5, 5.41) is 0. The van der Waals surface area contributed by atoms with Crippen molar-refractivity contribution in [1.82, 2.24) is 4.31 Å². The minimum absolute atomic E-state index is 0.485. The first-order valence-corrected chi connectivity index (χ1v) is 6.41. The Morgan fingerprint density at radius 2 is 2.06 bits per heavy atom. The molecule has 1 heterocycles. The average Bonchev–Trinajstić information content (AvgIpc) is 2.60. The van der Waals surface area contributed by atoms with Crippen molar-refractivity contribution in [2.45, 2.75) is 6.42 Å². The molecule has 0 radical (unpaired) electrons. The highest BCUT2D eigenvalue weighted by atomic mass is 32.2. The largest absolute Gasteiger partial charge is 0.399 e. The van der Waals surface area contributed by atoms with Gasteiger partial charge in [-0.1, -0.05) is 0 Å². The number of nitrogens with zero attached hydrogens (tertiary/aromatic N) is 2. The number of hydrogen-bond donors (Lipinski definition) is 1. The summed E-state index contributed by atoms with van der Waals surface area (Å²) >= 11 is 0. The Balaban J connectivity index is 2.46. The van der Waals surface area contributed by atoms with Crippen LogP contribution in [0.15, 0.2) is 18.2 Å². The Bertz CT molecular complexity index is 511. The van der Waals surface area contributed by atoms with Crippen LogP contribution in [0.1, 0.15) is 5.56 Å². The van der Waals surface area contributed by atoms with Gasteiger partial charge >= 0.3 is 10.2 Å². The summed E-state index contributed by atoms with van der Waals surface area (Å²) in [6, 6.07) is 5.32. The first kappa shape index (κ1) is 11.2. The molecule has 16 heavy (non-hydrogen) atoms. The number of anilines is 2. The summed E-state index contributed by atoms with van der Waals surface area (Å²) in [6.07, 6.45) is 0.716. The van der Waals surface area contributed by atoms with Gasteiger partial charge < -0.3 is 5.73 Å². The van der Waals surface area contributed by atoms with Gasteiger partial charge in [0.15, 0.2) is 0 Å². The topological polar surface area (TPSA) is 66.6 Å². The molecular formula is C10H15N3O2S. The van der Waals surface area contributed by atoms with Crippen molar-refractivity contribution < 1.29 is 8.42 Å². The fraction of sp³-hybridized carbons (Fsp3) is 0.400. The second-order valence-corrected chi connectivity index (χ2v) is 6.07. The molecule has 2 rings (SSSR count). The molecule has 0 aliphatic carbocycles. The molecule has 1 aliphatic heterocycles. The number of nitrogen functional groups attached to an aromatic ring is 1. The summed E-state index contributed by atoms with van der Waals surface area (Å²) in [4.78, 5) is 0. The number of rotatable bonds is 2.